The molecule has 0 bridgehead atoms. The van der Waals surface area contributed by atoms with Crippen molar-refractivity contribution in [3.05, 3.63) is 53.2 Å². The molecule has 1 saturated carbocycles. The summed E-state index contributed by atoms with van der Waals surface area (Å²) in [7, 11) is 1.62. The summed E-state index contributed by atoms with van der Waals surface area (Å²) in [4.78, 5) is 16.4. The first-order valence-electron chi connectivity index (χ1n) is 11.5. The van der Waals surface area contributed by atoms with Gasteiger partial charge in [0.05, 0.1) is 37.4 Å². The van der Waals surface area contributed by atoms with E-state index in [-0.39, 0.29) is 19.1 Å². The van der Waals surface area contributed by atoms with Crippen LogP contribution in [0.4, 0.5) is 11.4 Å². The standard InChI is InChI=1S/C26H31N3O4/c1-3-19-16(15-30)7-6-10-21(19)29-26-17(11-25(27)31)14-28-22-13-24(23(32-2)12-20(22)26)33-18-8-4-5-9-18/h6-7,10,12-14,18,30H,3-5,8-9,11,15H2,1-2H3,(H2,27,31)(H,28,29). The molecule has 3 aromatic rings. The maximum Gasteiger partial charge on any atom is 0.221 e. The number of nitrogens with two attached hydrogens (primary N) is 1. The van der Waals surface area contributed by atoms with E-state index in [0.717, 1.165) is 52.7 Å². The molecule has 7 nitrogen and oxygen atoms in total. The normalized spacial score (nSPS) is 13.9. The van der Waals surface area contributed by atoms with Crippen LogP contribution in [-0.2, 0) is 24.2 Å². The molecule has 4 rings (SSSR count). The molecule has 2 aromatic carbocycles. The number of fused-ring (bicyclic) bond motifs is 1. The van der Waals surface area contributed by atoms with Crippen molar-refractivity contribution in [2.45, 2.75) is 58.2 Å². The molecule has 7 heteroatoms. The molecule has 0 aliphatic heterocycles. The topological polar surface area (TPSA) is 107 Å². The Balaban J connectivity index is 1.84. The van der Waals surface area contributed by atoms with E-state index in [0.29, 0.717) is 17.1 Å². The lowest BCUT2D eigenvalue weighted by molar-refractivity contribution is -0.117. The quantitative estimate of drug-likeness (QED) is 0.447. The van der Waals surface area contributed by atoms with Crippen LogP contribution in [0.2, 0.25) is 0 Å². The second kappa shape index (κ2) is 10.1. The average Bonchev–Trinajstić information content (AvgIpc) is 3.32. The fourth-order valence-corrected chi connectivity index (χ4v) is 4.60. The Labute approximate surface area is 193 Å². The number of carbonyl (C=O) groups excluding carboxylic acids is 1. The van der Waals surface area contributed by atoms with Gasteiger partial charge >= 0.3 is 0 Å². The fraction of sp³-hybridized carbons (Fsp3) is 0.385. The van der Waals surface area contributed by atoms with Gasteiger partial charge in [-0.1, -0.05) is 19.1 Å². The van der Waals surface area contributed by atoms with Crippen LogP contribution in [0.25, 0.3) is 10.9 Å². The van der Waals surface area contributed by atoms with Gasteiger partial charge in [0.25, 0.3) is 0 Å². The largest absolute Gasteiger partial charge is 0.493 e. The van der Waals surface area contributed by atoms with Gasteiger partial charge in [-0.15, -0.1) is 0 Å². The molecular formula is C26H31N3O4. The average molecular weight is 450 g/mol. The Morgan fingerprint density at radius 2 is 2.00 bits per heavy atom. The van der Waals surface area contributed by atoms with E-state index in [2.05, 4.69) is 10.3 Å². The first-order chi connectivity index (χ1) is 16.0. The highest BCUT2D eigenvalue weighted by atomic mass is 16.5. The molecule has 174 valence electrons. The number of pyridine rings is 1. The van der Waals surface area contributed by atoms with Crippen molar-refractivity contribution >= 4 is 28.2 Å². The second-order valence-corrected chi connectivity index (χ2v) is 8.43. The van der Waals surface area contributed by atoms with Gasteiger partial charge in [0.1, 0.15) is 0 Å². The molecule has 1 aliphatic rings. The summed E-state index contributed by atoms with van der Waals surface area (Å²) >= 11 is 0. The van der Waals surface area contributed by atoms with E-state index in [1.165, 1.54) is 12.8 Å². The van der Waals surface area contributed by atoms with E-state index in [4.69, 9.17) is 15.2 Å². The zero-order valence-corrected chi connectivity index (χ0v) is 19.2. The Bertz CT molecular complexity index is 1160. The first kappa shape index (κ1) is 22.9. The number of hydrogen-bond acceptors (Lipinski definition) is 6. The van der Waals surface area contributed by atoms with Crippen LogP contribution in [0, 0.1) is 0 Å². The lowest BCUT2D eigenvalue weighted by atomic mass is 10.0. The summed E-state index contributed by atoms with van der Waals surface area (Å²) in [6.45, 7) is 2.00. The van der Waals surface area contributed by atoms with Crippen molar-refractivity contribution in [3.63, 3.8) is 0 Å². The summed E-state index contributed by atoms with van der Waals surface area (Å²) in [5.41, 5.74) is 10.4. The molecule has 33 heavy (non-hydrogen) atoms. The van der Waals surface area contributed by atoms with Gasteiger partial charge in [0, 0.05) is 28.9 Å². The van der Waals surface area contributed by atoms with Crippen LogP contribution >= 0.6 is 0 Å². The molecule has 0 spiro atoms. The van der Waals surface area contributed by atoms with Crippen molar-refractivity contribution < 1.29 is 19.4 Å². The lowest BCUT2D eigenvalue weighted by Crippen LogP contribution is -2.15. The molecule has 4 N–H and O–H groups in total. The van der Waals surface area contributed by atoms with Crippen LogP contribution in [-0.4, -0.2) is 29.2 Å². The third-order valence-corrected chi connectivity index (χ3v) is 6.25. The summed E-state index contributed by atoms with van der Waals surface area (Å²) in [5, 5.41) is 14.1. The molecule has 1 heterocycles. The molecule has 0 radical (unpaired) electrons. The number of aliphatic hydroxyl groups excluding tert-OH is 1. The van der Waals surface area contributed by atoms with Gasteiger partial charge in [0.15, 0.2) is 11.5 Å². The van der Waals surface area contributed by atoms with Crippen LogP contribution in [0.5, 0.6) is 11.5 Å². The Hall–Kier alpha value is -3.32. The minimum absolute atomic E-state index is 0.0420. The number of nitrogens with one attached hydrogen (secondary N) is 1. The first-order valence-corrected chi connectivity index (χ1v) is 11.5. The van der Waals surface area contributed by atoms with Crippen LogP contribution in [0.1, 0.15) is 49.3 Å². The number of rotatable bonds is 9. The summed E-state index contributed by atoms with van der Waals surface area (Å²) < 4.78 is 11.9. The van der Waals surface area contributed by atoms with Crippen molar-refractivity contribution in [3.8, 4) is 11.5 Å². The highest BCUT2D eigenvalue weighted by Crippen LogP contribution is 2.39. The van der Waals surface area contributed by atoms with Crippen molar-refractivity contribution in [1.82, 2.24) is 4.98 Å². The number of aromatic nitrogens is 1. The van der Waals surface area contributed by atoms with Gasteiger partial charge in [-0.2, -0.15) is 0 Å². The summed E-state index contributed by atoms with van der Waals surface area (Å²) in [6.07, 6.45) is 7.11. The van der Waals surface area contributed by atoms with Gasteiger partial charge in [-0.05, 0) is 55.4 Å². The summed E-state index contributed by atoms with van der Waals surface area (Å²) in [5.74, 6) is 0.858. The van der Waals surface area contributed by atoms with E-state index < -0.39 is 5.91 Å². The van der Waals surface area contributed by atoms with Crippen molar-refractivity contribution in [2.75, 3.05) is 12.4 Å². The lowest BCUT2D eigenvalue weighted by Gasteiger charge is -2.20. The van der Waals surface area contributed by atoms with Gasteiger partial charge in [-0.25, -0.2) is 0 Å². The predicted octanol–water partition coefficient (Wildman–Crippen LogP) is 4.39. The zero-order valence-electron chi connectivity index (χ0n) is 19.2. The zero-order chi connectivity index (χ0) is 23.4. The maximum absolute atomic E-state index is 11.8. The number of primary amides is 1. The third-order valence-electron chi connectivity index (χ3n) is 6.25. The van der Waals surface area contributed by atoms with E-state index >= 15 is 0 Å². The second-order valence-electron chi connectivity index (χ2n) is 8.43. The van der Waals surface area contributed by atoms with Crippen LogP contribution in [0.15, 0.2) is 36.5 Å². The summed E-state index contributed by atoms with van der Waals surface area (Å²) in [6, 6.07) is 9.58. The molecule has 0 unspecified atom stereocenters. The minimum atomic E-state index is -0.438. The van der Waals surface area contributed by atoms with Crippen molar-refractivity contribution in [1.29, 1.82) is 0 Å². The highest BCUT2D eigenvalue weighted by molar-refractivity contribution is 5.98. The highest BCUT2D eigenvalue weighted by Gasteiger charge is 2.21. The fourth-order valence-electron chi connectivity index (χ4n) is 4.60. The van der Waals surface area contributed by atoms with Gasteiger partial charge in [0.2, 0.25) is 5.91 Å². The van der Waals surface area contributed by atoms with Crippen LogP contribution < -0.4 is 20.5 Å². The third kappa shape index (κ3) is 4.88. The monoisotopic (exact) mass is 449 g/mol. The molecule has 1 aliphatic carbocycles. The number of aliphatic hydroxyl groups is 1. The number of amides is 1. The number of ether oxygens (including phenoxy) is 2. The smallest absolute Gasteiger partial charge is 0.221 e. The number of anilines is 2. The number of benzene rings is 2. The SMILES string of the molecule is CCc1c(CO)cccc1Nc1c(CC(N)=O)cnc2cc(OC3CCCC3)c(OC)cc12. The Kier molecular flexibility index (Phi) is 6.99. The molecule has 1 amide bonds. The molecule has 0 atom stereocenters. The molecule has 0 saturated heterocycles. The van der Waals surface area contributed by atoms with E-state index in [1.54, 1.807) is 13.3 Å². The number of carbonyl (C=O) groups is 1. The Morgan fingerprint density at radius 3 is 2.67 bits per heavy atom. The van der Waals surface area contributed by atoms with E-state index in [1.807, 2.05) is 37.3 Å². The predicted molar refractivity (Wildman–Crippen MR) is 129 cm³/mol. The minimum Gasteiger partial charge on any atom is -0.493 e. The maximum atomic E-state index is 11.8. The molecule has 1 aromatic heterocycles. The van der Waals surface area contributed by atoms with E-state index in [9.17, 15) is 9.90 Å². The van der Waals surface area contributed by atoms with Crippen LogP contribution in [0.3, 0.4) is 0 Å². The number of methoxy groups -OCH3 is 1. The van der Waals surface area contributed by atoms with Gasteiger partial charge < -0.3 is 25.6 Å². The molecular weight excluding hydrogens is 418 g/mol. The van der Waals surface area contributed by atoms with Gasteiger partial charge in [-0.3, -0.25) is 9.78 Å². The number of nitrogens with zero attached hydrogens (tertiary/aromatic N) is 1. The van der Waals surface area contributed by atoms with Crippen molar-refractivity contribution in [2.24, 2.45) is 5.73 Å². The Morgan fingerprint density at radius 1 is 1.21 bits per heavy atom. The molecule has 1 fully saturated rings. The number of hydrogen-bond donors (Lipinski definition) is 3.